The summed E-state index contributed by atoms with van der Waals surface area (Å²) in [7, 11) is 0. The van der Waals surface area contributed by atoms with Crippen molar-refractivity contribution in [3.05, 3.63) is 70.8 Å². The largest absolute Gasteiger partial charge is 0.159 e. The van der Waals surface area contributed by atoms with Crippen molar-refractivity contribution < 1.29 is 0 Å². The van der Waals surface area contributed by atoms with Crippen molar-refractivity contribution in [1.82, 2.24) is 0 Å². The predicted molar refractivity (Wildman–Crippen MR) is 112 cm³/mol. The van der Waals surface area contributed by atoms with Gasteiger partial charge in [0.15, 0.2) is 0 Å². The minimum atomic E-state index is 0.744. The molecule has 0 spiro atoms. The Morgan fingerprint density at radius 3 is 1.88 bits per heavy atom. The number of nitrogens with zero attached hydrogens (tertiary/aromatic N) is 2. The molecule has 2 aromatic rings. The van der Waals surface area contributed by atoms with Gasteiger partial charge in [-0.1, -0.05) is 73.9 Å². The second kappa shape index (κ2) is 9.47. The molecule has 2 heteroatoms. The summed E-state index contributed by atoms with van der Waals surface area (Å²) in [4.78, 5) is 0. The van der Waals surface area contributed by atoms with Crippen LogP contribution >= 0.6 is 0 Å². The smallest absolute Gasteiger partial charge is 0.0568 e. The molecule has 0 heterocycles. The number of benzene rings is 2. The predicted octanol–water partition coefficient (Wildman–Crippen LogP) is 6.52. The van der Waals surface area contributed by atoms with Gasteiger partial charge in [0.05, 0.1) is 12.4 Å². The first-order valence-electron chi connectivity index (χ1n) is 9.97. The van der Waals surface area contributed by atoms with Gasteiger partial charge in [0.1, 0.15) is 0 Å². The van der Waals surface area contributed by atoms with Gasteiger partial charge in [-0.15, -0.1) is 0 Å². The topological polar surface area (TPSA) is 24.7 Å². The zero-order chi connectivity index (χ0) is 18.2. The van der Waals surface area contributed by atoms with Crippen LogP contribution in [0.2, 0.25) is 0 Å². The van der Waals surface area contributed by atoms with Gasteiger partial charge in [-0.05, 0) is 61.1 Å². The Kier molecular flexibility index (Phi) is 6.76. The Bertz CT molecular complexity index is 718. The third kappa shape index (κ3) is 5.39. The van der Waals surface area contributed by atoms with E-state index in [1.165, 1.54) is 49.7 Å². The van der Waals surface area contributed by atoms with E-state index in [1.807, 2.05) is 6.21 Å². The van der Waals surface area contributed by atoms with Crippen LogP contribution in [-0.2, 0) is 0 Å². The zero-order valence-electron chi connectivity index (χ0n) is 16.1. The van der Waals surface area contributed by atoms with Crippen LogP contribution in [0.3, 0.4) is 0 Å². The van der Waals surface area contributed by atoms with Crippen LogP contribution in [0.5, 0.6) is 0 Å². The van der Waals surface area contributed by atoms with Gasteiger partial charge >= 0.3 is 0 Å². The molecule has 0 radical (unpaired) electrons. The molecule has 26 heavy (non-hydrogen) atoms. The molecule has 0 N–H and O–H groups in total. The molecule has 1 aliphatic carbocycles. The maximum Gasteiger partial charge on any atom is 0.0568 e. The second-order valence-corrected chi connectivity index (χ2v) is 7.57. The molecule has 2 nitrogen and oxygen atoms in total. The molecule has 2 aromatic carbocycles. The Morgan fingerprint density at radius 1 is 0.808 bits per heavy atom. The molecule has 1 fully saturated rings. The lowest BCUT2D eigenvalue weighted by atomic mass is 9.77. The summed E-state index contributed by atoms with van der Waals surface area (Å²) in [5.74, 6) is 1.71. The van der Waals surface area contributed by atoms with Gasteiger partial charge < -0.3 is 0 Å². The van der Waals surface area contributed by atoms with Crippen LogP contribution in [0.4, 0.5) is 0 Å². The van der Waals surface area contributed by atoms with Crippen LogP contribution in [0, 0.1) is 12.8 Å². The summed E-state index contributed by atoms with van der Waals surface area (Å²) in [6.07, 6.45) is 11.8. The lowest BCUT2D eigenvalue weighted by Gasteiger charge is -2.28. The standard InChI is InChI=1S/C24H30N2/c1-3-4-20-9-13-23(14-10-20)24-15-11-22(12-16-24)18-26-25-17-21-7-5-19(2)6-8-21/h5-8,11-12,15-18,20,23H,3-4,9-10,13-14H2,1-2H3/t20-,23-. The molecule has 0 aliphatic heterocycles. The zero-order valence-corrected chi connectivity index (χ0v) is 16.1. The molecule has 1 aliphatic rings. The molecule has 1 saturated carbocycles. The Labute approximate surface area is 158 Å². The van der Waals surface area contributed by atoms with Crippen molar-refractivity contribution in [2.45, 2.75) is 58.3 Å². The maximum atomic E-state index is 4.18. The fourth-order valence-corrected chi connectivity index (χ4v) is 3.90. The highest BCUT2D eigenvalue weighted by Gasteiger charge is 2.21. The summed E-state index contributed by atoms with van der Waals surface area (Å²) < 4.78 is 0. The van der Waals surface area contributed by atoms with Crippen LogP contribution in [0.15, 0.2) is 58.7 Å². The Morgan fingerprint density at radius 2 is 1.35 bits per heavy atom. The molecule has 0 aromatic heterocycles. The van der Waals surface area contributed by atoms with Gasteiger partial charge in [0.2, 0.25) is 0 Å². The van der Waals surface area contributed by atoms with Gasteiger partial charge in [-0.2, -0.15) is 10.2 Å². The summed E-state index contributed by atoms with van der Waals surface area (Å²) >= 11 is 0. The molecule has 0 atom stereocenters. The van der Waals surface area contributed by atoms with E-state index in [4.69, 9.17) is 0 Å². The highest BCUT2D eigenvalue weighted by Crippen LogP contribution is 2.37. The number of rotatable bonds is 6. The summed E-state index contributed by atoms with van der Waals surface area (Å²) in [6.45, 7) is 4.39. The minimum Gasteiger partial charge on any atom is -0.159 e. The average Bonchev–Trinajstić information content (AvgIpc) is 2.68. The minimum absolute atomic E-state index is 0.744. The van der Waals surface area contributed by atoms with E-state index in [-0.39, 0.29) is 0 Å². The highest BCUT2D eigenvalue weighted by atomic mass is 15.2. The number of aryl methyl sites for hydroxylation is 1. The van der Waals surface area contributed by atoms with Crippen molar-refractivity contribution in [2.75, 3.05) is 0 Å². The molecule has 136 valence electrons. The highest BCUT2D eigenvalue weighted by molar-refractivity contribution is 5.82. The lowest BCUT2D eigenvalue weighted by Crippen LogP contribution is -2.13. The van der Waals surface area contributed by atoms with Crippen molar-refractivity contribution in [1.29, 1.82) is 0 Å². The van der Waals surface area contributed by atoms with E-state index in [0.29, 0.717) is 0 Å². The summed E-state index contributed by atoms with van der Waals surface area (Å²) in [5, 5.41) is 8.33. The molecule has 0 bridgehead atoms. The lowest BCUT2D eigenvalue weighted by molar-refractivity contribution is 0.308. The third-order valence-corrected chi connectivity index (χ3v) is 5.51. The van der Waals surface area contributed by atoms with Crippen LogP contribution in [-0.4, -0.2) is 12.4 Å². The first-order valence-corrected chi connectivity index (χ1v) is 9.97. The van der Waals surface area contributed by atoms with E-state index in [9.17, 15) is 0 Å². The number of hydrogen-bond acceptors (Lipinski definition) is 2. The third-order valence-electron chi connectivity index (χ3n) is 5.51. The molecule has 0 saturated heterocycles. The summed E-state index contributed by atoms with van der Waals surface area (Å²) in [5.41, 5.74) is 4.92. The average molecular weight is 347 g/mol. The van der Waals surface area contributed by atoms with Crippen molar-refractivity contribution >= 4 is 12.4 Å². The maximum absolute atomic E-state index is 4.18. The van der Waals surface area contributed by atoms with Crippen LogP contribution < -0.4 is 0 Å². The van der Waals surface area contributed by atoms with Crippen molar-refractivity contribution in [3.8, 4) is 0 Å². The van der Waals surface area contributed by atoms with E-state index in [0.717, 1.165) is 23.0 Å². The fraction of sp³-hybridized carbons (Fsp3) is 0.417. The molecular formula is C24H30N2. The Hall–Kier alpha value is -2.22. The van der Waals surface area contributed by atoms with Crippen molar-refractivity contribution in [3.63, 3.8) is 0 Å². The first-order chi connectivity index (χ1) is 12.7. The Balaban J connectivity index is 1.52. The molecular weight excluding hydrogens is 316 g/mol. The van der Waals surface area contributed by atoms with Gasteiger partial charge in [-0.3, -0.25) is 0 Å². The van der Waals surface area contributed by atoms with E-state index < -0.39 is 0 Å². The SMILES string of the molecule is CCC[C@H]1CC[C@H](c2ccc(C=NN=Cc3ccc(C)cc3)cc2)CC1. The number of hydrogen-bond donors (Lipinski definition) is 0. The molecule has 0 amide bonds. The normalized spacial score (nSPS) is 20.8. The van der Waals surface area contributed by atoms with E-state index in [2.05, 4.69) is 72.6 Å². The van der Waals surface area contributed by atoms with Crippen LogP contribution in [0.1, 0.15) is 73.6 Å². The van der Waals surface area contributed by atoms with E-state index in [1.54, 1.807) is 6.21 Å². The molecule has 0 unspecified atom stereocenters. The van der Waals surface area contributed by atoms with E-state index >= 15 is 0 Å². The monoisotopic (exact) mass is 346 g/mol. The van der Waals surface area contributed by atoms with Gasteiger partial charge in [0.25, 0.3) is 0 Å². The first kappa shape index (κ1) is 18.6. The van der Waals surface area contributed by atoms with Crippen molar-refractivity contribution in [2.24, 2.45) is 16.1 Å². The van der Waals surface area contributed by atoms with Crippen LogP contribution in [0.25, 0.3) is 0 Å². The quantitative estimate of drug-likeness (QED) is 0.420. The second-order valence-electron chi connectivity index (χ2n) is 7.57. The summed E-state index contributed by atoms with van der Waals surface area (Å²) in [6, 6.07) is 17.2. The van der Waals surface area contributed by atoms with Gasteiger partial charge in [-0.25, -0.2) is 0 Å². The molecule has 3 rings (SSSR count). The fourth-order valence-electron chi connectivity index (χ4n) is 3.90. The van der Waals surface area contributed by atoms with Gasteiger partial charge in [0, 0.05) is 0 Å².